The molecule has 0 aromatic heterocycles. The lowest BCUT2D eigenvalue weighted by molar-refractivity contribution is -0.148. The van der Waals surface area contributed by atoms with Crippen LogP contribution in [0.25, 0.3) is 0 Å². The third kappa shape index (κ3) is 6.59. The molecule has 0 atom stereocenters. The van der Waals surface area contributed by atoms with Crippen LogP contribution >= 0.6 is 0 Å². The molecule has 0 saturated carbocycles. The molecule has 2 aromatic rings. The zero-order valence-electron chi connectivity index (χ0n) is 23.5. The van der Waals surface area contributed by atoms with E-state index in [1.807, 2.05) is 31.2 Å². The van der Waals surface area contributed by atoms with Gasteiger partial charge in [0.15, 0.2) is 0 Å². The quantitative estimate of drug-likeness (QED) is 0.377. The van der Waals surface area contributed by atoms with E-state index in [1.165, 1.54) is 0 Å². The largest absolute Gasteiger partial charge is 0.508 e. The van der Waals surface area contributed by atoms with Gasteiger partial charge in [0.25, 0.3) is 0 Å². The smallest absolute Gasteiger partial charge is 0.307 e. The summed E-state index contributed by atoms with van der Waals surface area (Å²) in [5.74, 6) is 0.235. The summed E-state index contributed by atoms with van der Waals surface area (Å²) in [6.07, 6.45) is 2.03. The number of hydrogen-bond acceptors (Lipinski definition) is 4. The highest BCUT2D eigenvalue weighted by atomic mass is 16.5. The summed E-state index contributed by atoms with van der Waals surface area (Å²) in [7, 11) is 0. The third-order valence-electron chi connectivity index (χ3n) is 7.67. The summed E-state index contributed by atoms with van der Waals surface area (Å²) in [6, 6.07) is 11.2. The number of ether oxygens (including phenoxy) is 1. The minimum absolute atomic E-state index is 0.0397. The molecule has 0 radical (unpaired) electrons. The molecule has 0 heterocycles. The summed E-state index contributed by atoms with van der Waals surface area (Å²) >= 11 is 0. The summed E-state index contributed by atoms with van der Waals surface area (Å²) < 4.78 is 5.83. The van der Waals surface area contributed by atoms with E-state index < -0.39 is 5.41 Å². The van der Waals surface area contributed by atoms with Crippen LogP contribution in [0.3, 0.4) is 0 Å². The molecular formula is C31H46O4. The summed E-state index contributed by atoms with van der Waals surface area (Å²) in [6.45, 7) is 21.2. The Morgan fingerprint density at radius 1 is 0.743 bits per heavy atom. The molecule has 0 aliphatic heterocycles. The topological polar surface area (TPSA) is 66.8 Å². The first-order chi connectivity index (χ1) is 16.0. The van der Waals surface area contributed by atoms with Crippen molar-refractivity contribution in [2.45, 2.75) is 105 Å². The number of rotatable bonds is 8. The van der Waals surface area contributed by atoms with E-state index in [2.05, 4.69) is 62.3 Å². The molecule has 0 spiro atoms. The summed E-state index contributed by atoms with van der Waals surface area (Å²) in [4.78, 5) is 13.3. The van der Waals surface area contributed by atoms with Gasteiger partial charge in [-0.1, -0.05) is 93.5 Å². The molecule has 0 fully saturated rings. The standard InChI is InChI=1S/C31H46O4/c1-11-30(9,12-2)20-35-27(34)19-31(10,21-13-15-25(32)23(17-21)28(3,4)5)22-14-16-26(33)24(18-22)29(6,7)8/h13-18,32-33H,11-12,19-20H2,1-10H3. The molecule has 0 unspecified atom stereocenters. The molecule has 4 heteroatoms. The number of esters is 1. The number of phenolic OH excluding ortho intramolecular Hbond substituents is 2. The second-order valence-electron chi connectivity index (χ2n) is 12.7. The zero-order chi connectivity index (χ0) is 26.8. The van der Waals surface area contributed by atoms with Crippen LogP contribution in [0.2, 0.25) is 0 Å². The van der Waals surface area contributed by atoms with Crippen molar-refractivity contribution in [1.82, 2.24) is 0 Å². The molecular weight excluding hydrogens is 436 g/mol. The highest BCUT2D eigenvalue weighted by molar-refractivity contribution is 5.73. The third-order valence-corrected chi connectivity index (χ3v) is 7.67. The Kier molecular flexibility index (Phi) is 8.41. The predicted molar refractivity (Wildman–Crippen MR) is 144 cm³/mol. The van der Waals surface area contributed by atoms with Gasteiger partial charge in [-0.2, -0.15) is 0 Å². The molecule has 2 rings (SSSR count). The van der Waals surface area contributed by atoms with Gasteiger partial charge < -0.3 is 14.9 Å². The Morgan fingerprint density at radius 2 is 1.14 bits per heavy atom. The molecule has 0 bridgehead atoms. The number of carbonyl (C=O) groups excluding carboxylic acids is 1. The van der Waals surface area contributed by atoms with Crippen molar-refractivity contribution in [3.63, 3.8) is 0 Å². The molecule has 2 N–H and O–H groups in total. The maximum absolute atomic E-state index is 13.3. The van der Waals surface area contributed by atoms with Crippen LogP contribution in [-0.4, -0.2) is 22.8 Å². The van der Waals surface area contributed by atoms with Gasteiger partial charge in [-0.05, 0) is 58.1 Å². The number of aromatic hydroxyl groups is 2. The molecule has 4 nitrogen and oxygen atoms in total. The van der Waals surface area contributed by atoms with E-state index in [4.69, 9.17) is 4.74 Å². The number of carbonyl (C=O) groups is 1. The second kappa shape index (κ2) is 10.2. The van der Waals surface area contributed by atoms with Crippen molar-refractivity contribution >= 4 is 5.97 Å². The second-order valence-corrected chi connectivity index (χ2v) is 12.7. The Morgan fingerprint density at radius 3 is 1.49 bits per heavy atom. The molecule has 0 aliphatic carbocycles. The van der Waals surface area contributed by atoms with Gasteiger partial charge >= 0.3 is 5.97 Å². The monoisotopic (exact) mass is 482 g/mol. The van der Waals surface area contributed by atoms with Crippen LogP contribution in [0.15, 0.2) is 36.4 Å². The lowest BCUT2D eigenvalue weighted by Crippen LogP contribution is -2.31. The van der Waals surface area contributed by atoms with E-state index >= 15 is 0 Å². The van der Waals surface area contributed by atoms with Crippen LogP contribution < -0.4 is 0 Å². The molecule has 35 heavy (non-hydrogen) atoms. The van der Waals surface area contributed by atoms with Crippen molar-refractivity contribution < 1.29 is 19.7 Å². The number of hydrogen-bond donors (Lipinski definition) is 2. The van der Waals surface area contributed by atoms with Gasteiger partial charge in [0.1, 0.15) is 11.5 Å². The summed E-state index contributed by atoms with van der Waals surface area (Å²) in [5, 5.41) is 21.2. The average molecular weight is 483 g/mol. The Hall–Kier alpha value is -2.49. The first kappa shape index (κ1) is 28.7. The van der Waals surface area contributed by atoms with Gasteiger partial charge in [-0.15, -0.1) is 0 Å². The van der Waals surface area contributed by atoms with Crippen LogP contribution in [0.1, 0.15) is 111 Å². The maximum atomic E-state index is 13.3. The van der Waals surface area contributed by atoms with Crippen molar-refractivity contribution in [3.05, 3.63) is 58.7 Å². The lowest BCUT2D eigenvalue weighted by Gasteiger charge is -2.34. The first-order valence-electron chi connectivity index (χ1n) is 12.8. The highest BCUT2D eigenvalue weighted by Gasteiger charge is 2.36. The minimum Gasteiger partial charge on any atom is -0.508 e. The summed E-state index contributed by atoms with van der Waals surface area (Å²) in [5.41, 5.74) is 2.22. The van der Waals surface area contributed by atoms with E-state index in [0.29, 0.717) is 6.61 Å². The maximum Gasteiger partial charge on any atom is 0.307 e. The normalized spacial score (nSPS) is 13.1. The fourth-order valence-electron chi connectivity index (χ4n) is 4.38. The van der Waals surface area contributed by atoms with Gasteiger partial charge in [-0.3, -0.25) is 4.79 Å². The van der Waals surface area contributed by atoms with Gasteiger partial charge in [0.2, 0.25) is 0 Å². The number of phenols is 2. The van der Waals surface area contributed by atoms with E-state index in [1.54, 1.807) is 12.1 Å². The van der Waals surface area contributed by atoms with Crippen LogP contribution in [-0.2, 0) is 25.8 Å². The lowest BCUT2D eigenvalue weighted by atomic mass is 9.70. The van der Waals surface area contributed by atoms with Crippen molar-refractivity contribution in [2.24, 2.45) is 5.41 Å². The molecule has 0 saturated heterocycles. The van der Waals surface area contributed by atoms with Gasteiger partial charge in [0, 0.05) is 10.8 Å². The van der Waals surface area contributed by atoms with Gasteiger partial charge in [0.05, 0.1) is 13.0 Å². The van der Waals surface area contributed by atoms with Crippen LogP contribution in [0.4, 0.5) is 0 Å². The average Bonchev–Trinajstić information content (AvgIpc) is 2.76. The molecule has 0 amide bonds. The van der Waals surface area contributed by atoms with Crippen molar-refractivity contribution in [2.75, 3.05) is 6.61 Å². The van der Waals surface area contributed by atoms with Crippen molar-refractivity contribution in [1.29, 1.82) is 0 Å². The van der Waals surface area contributed by atoms with E-state index in [9.17, 15) is 15.0 Å². The van der Waals surface area contributed by atoms with Crippen molar-refractivity contribution in [3.8, 4) is 11.5 Å². The predicted octanol–water partition coefficient (Wildman–Crippen LogP) is 7.76. The minimum atomic E-state index is -0.715. The first-order valence-corrected chi connectivity index (χ1v) is 12.8. The Bertz CT molecular complexity index is 969. The van der Waals surface area contributed by atoms with Crippen LogP contribution in [0.5, 0.6) is 11.5 Å². The fourth-order valence-corrected chi connectivity index (χ4v) is 4.38. The number of benzene rings is 2. The van der Waals surface area contributed by atoms with Gasteiger partial charge in [-0.25, -0.2) is 0 Å². The highest BCUT2D eigenvalue weighted by Crippen LogP contribution is 2.43. The molecule has 2 aromatic carbocycles. The molecule has 194 valence electrons. The molecule has 0 aliphatic rings. The Balaban J connectivity index is 2.63. The SMILES string of the molecule is CCC(C)(CC)COC(=O)CC(C)(c1ccc(O)c(C(C)(C)C)c1)c1ccc(O)c(C(C)(C)C)c1. The zero-order valence-corrected chi connectivity index (χ0v) is 23.5. The van der Waals surface area contributed by atoms with Crippen LogP contribution in [0, 0.1) is 5.41 Å². The van der Waals surface area contributed by atoms with E-state index in [0.717, 1.165) is 35.1 Å². The Labute approximate surface area is 212 Å². The van der Waals surface area contributed by atoms with E-state index in [-0.39, 0.29) is 40.1 Å². The fraction of sp³-hybridized carbons (Fsp3) is 0.581.